The third-order valence-electron chi connectivity index (χ3n) is 4.94. The summed E-state index contributed by atoms with van der Waals surface area (Å²) in [6.07, 6.45) is 5.66. The average molecular weight is 330 g/mol. The van der Waals surface area contributed by atoms with Crippen LogP contribution in [-0.2, 0) is 4.79 Å². The number of para-hydroxylation sites is 1. The largest absolute Gasteiger partial charge is 0.361 e. The molecule has 0 unspecified atom stereocenters. The molecule has 1 saturated carbocycles. The molecular formula is C17H22N4OS. The van der Waals surface area contributed by atoms with Gasteiger partial charge in [-0.15, -0.1) is 5.10 Å². The van der Waals surface area contributed by atoms with E-state index in [1.54, 1.807) is 11.8 Å². The molecule has 4 rings (SSSR count). The molecule has 1 amide bonds. The van der Waals surface area contributed by atoms with Crippen LogP contribution in [-0.4, -0.2) is 27.5 Å². The number of thioether (sulfide) groups is 1. The van der Waals surface area contributed by atoms with Crippen LogP contribution in [0.1, 0.15) is 50.6 Å². The van der Waals surface area contributed by atoms with Gasteiger partial charge in [-0.3, -0.25) is 9.80 Å². The number of hydrazone groups is 1. The van der Waals surface area contributed by atoms with Crippen molar-refractivity contribution in [1.29, 1.82) is 0 Å². The number of hydrogen-bond donors (Lipinski definition) is 2. The molecular weight excluding hydrogens is 308 g/mol. The number of amides is 1. The summed E-state index contributed by atoms with van der Waals surface area (Å²) in [7, 11) is 0. The van der Waals surface area contributed by atoms with Gasteiger partial charge in [-0.05, 0) is 37.5 Å². The van der Waals surface area contributed by atoms with Gasteiger partial charge in [0.1, 0.15) is 5.66 Å². The minimum atomic E-state index is -0.327. The quantitative estimate of drug-likeness (QED) is 0.830. The first-order valence-electron chi connectivity index (χ1n) is 8.42. The van der Waals surface area contributed by atoms with Crippen LogP contribution in [0.2, 0.25) is 0 Å². The van der Waals surface area contributed by atoms with Crippen LogP contribution in [0.4, 0.5) is 5.69 Å². The fourth-order valence-corrected chi connectivity index (χ4v) is 4.52. The lowest BCUT2D eigenvalue weighted by molar-refractivity contribution is -0.130. The van der Waals surface area contributed by atoms with E-state index in [1.165, 1.54) is 19.3 Å². The molecule has 1 aromatic carbocycles. The molecule has 1 aliphatic carbocycles. The number of nitrogens with one attached hydrogen (secondary N) is 2. The van der Waals surface area contributed by atoms with E-state index in [2.05, 4.69) is 28.6 Å². The maximum Gasteiger partial charge on any atom is 0.255 e. The van der Waals surface area contributed by atoms with E-state index in [9.17, 15) is 4.79 Å². The lowest BCUT2D eigenvalue weighted by Gasteiger charge is -2.53. The van der Waals surface area contributed by atoms with Crippen molar-refractivity contribution in [3.8, 4) is 0 Å². The zero-order chi connectivity index (χ0) is 15.9. The second-order valence-electron chi connectivity index (χ2n) is 6.38. The van der Waals surface area contributed by atoms with Gasteiger partial charge in [0.05, 0.1) is 0 Å². The van der Waals surface area contributed by atoms with E-state index >= 15 is 0 Å². The van der Waals surface area contributed by atoms with Crippen molar-refractivity contribution < 1.29 is 4.79 Å². The number of fused-ring (bicyclic) bond motifs is 4. The molecule has 0 aromatic heterocycles. The Morgan fingerprint density at radius 1 is 1.30 bits per heavy atom. The second-order valence-corrected chi connectivity index (χ2v) is 7.63. The number of benzene rings is 1. The predicted molar refractivity (Wildman–Crippen MR) is 94.2 cm³/mol. The summed E-state index contributed by atoms with van der Waals surface area (Å²) in [6.45, 7) is 2.07. The first-order chi connectivity index (χ1) is 11.2. The minimum absolute atomic E-state index is 0.0369. The van der Waals surface area contributed by atoms with E-state index in [1.807, 2.05) is 18.2 Å². The molecule has 5 nitrogen and oxygen atoms in total. The van der Waals surface area contributed by atoms with E-state index in [0.717, 1.165) is 35.0 Å². The lowest BCUT2D eigenvalue weighted by atomic mass is 9.83. The van der Waals surface area contributed by atoms with Crippen LogP contribution < -0.4 is 10.6 Å². The van der Waals surface area contributed by atoms with Crippen LogP contribution in [0.5, 0.6) is 0 Å². The number of carbonyl (C=O) groups is 1. The molecule has 6 heteroatoms. The Bertz CT molecular complexity index is 654. The highest BCUT2D eigenvalue weighted by Crippen LogP contribution is 2.47. The lowest BCUT2D eigenvalue weighted by Crippen LogP contribution is -2.62. The van der Waals surface area contributed by atoms with Gasteiger partial charge in [0.15, 0.2) is 11.2 Å². The summed E-state index contributed by atoms with van der Waals surface area (Å²) < 4.78 is 0. The molecule has 3 aliphatic rings. The summed E-state index contributed by atoms with van der Waals surface area (Å²) in [5.41, 5.74) is 1.87. The number of amidine groups is 1. The molecule has 1 spiro atoms. The monoisotopic (exact) mass is 330 g/mol. The van der Waals surface area contributed by atoms with E-state index in [0.29, 0.717) is 0 Å². The van der Waals surface area contributed by atoms with Gasteiger partial charge >= 0.3 is 0 Å². The van der Waals surface area contributed by atoms with Crippen LogP contribution in [0.15, 0.2) is 29.4 Å². The summed E-state index contributed by atoms with van der Waals surface area (Å²) in [4.78, 5) is 12.8. The Morgan fingerprint density at radius 2 is 2.09 bits per heavy atom. The van der Waals surface area contributed by atoms with Gasteiger partial charge < -0.3 is 10.6 Å². The molecule has 1 atom stereocenters. The highest BCUT2D eigenvalue weighted by atomic mass is 32.2. The predicted octanol–water partition coefficient (Wildman–Crippen LogP) is 3.27. The maximum absolute atomic E-state index is 12.8. The van der Waals surface area contributed by atoms with Crippen LogP contribution >= 0.6 is 11.8 Å². The molecule has 2 heterocycles. The molecule has 0 radical (unpaired) electrons. The molecule has 2 N–H and O–H groups in total. The first-order valence-corrected chi connectivity index (χ1v) is 9.41. The van der Waals surface area contributed by atoms with Crippen molar-refractivity contribution >= 4 is 28.5 Å². The van der Waals surface area contributed by atoms with Crippen LogP contribution in [0.3, 0.4) is 0 Å². The second kappa shape index (κ2) is 5.74. The minimum Gasteiger partial charge on any atom is -0.361 e. The van der Waals surface area contributed by atoms with Crippen molar-refractivity contribution in [2.24, 2.45) is 5.10 Å². The Hall–Kier alpha value is -1.69. The molecule has 2 aliphatic heterocycles. The maximum atomic E-state index is 12.8. The molecule has 0 bridgehead atoms. The van der Waals surface area contributed by atoms with E-state index in [4.69, 9.17) is 5.10 Å². The third-order valence-corrected chi connectivity index (χ3v) is 5.69. The Morgan fingerprint density at radius 3 is 2.87 bits per heavy atom. The highest BCUT2D eigenvalue weighted by molar-refractivity contribution is 8.13. The van der Waals surface area contributed by atoms with E-state index < -0.39 is 0 Å². The Kier molecular flexibility index (Phi) is 3.71. The molecule has 0 saturated heterocycles. The zero-order valence-electron chi connectivity index (χ0n) is 13.3. The highest BCUT2D eigenvalue weighted by Gasteiger charge is 2.50. The van der Waals surface area contributed by atoms with Gasteiger partial charge in [-0.25, -0.2) is 0 Å². The zero-order valence-corrected chi connectivity index (χ0v) is 14.2. The van der Waals surface area contributed by atoms with Crippen molar-refractivity contribution in [2.75, 3.05) is 11.1 Å². The van der Waals surface area contributed by atoms with E-state index in [-0.39, 0.29) is 17.6 Å². The SMILES string of the molecule is CCSC1=NN2[C@H](C(=O)N1)c1ccccc1NC21CCCCC1. The topological polar surface area (TPSA) is 56.7 Å². The van der Waals surface area contributed by atoms with Gasteiger partial charge in [-0.1, -0.05) is 43.3 Å². The fraction of sp³-hybridized carbons (Fsp3) is 0.529. The van der Waals surface area contributed by atoms with Crippen molar-refractivity contribution in [3.05, 3.63) is 29.8 Å². The summed E-state index contributed by atoms with van der Waals surface area (Å²) in [5, 5.41) is 14.3. The summed E-state index contributed by atoms with van der Waals surface area (Å²) >= 11 is 1.59. The third kappa shape index (κ3) is 2.40. The molecule has 1 fully saturated rings. The normalized spacial score (nSPS) is 25.1. The van der Waals surface area contributed by atoms with Crippen molar-refractivity contribution in [3.63, 3.8) is 0 Å². The Labute approximate surface area is 140 Å². The number of rotatable bonds is 1. The summed E-state index contributed by atoms with van der Waals surface area (Å²) in [6, 6.07) is 7.80. The molecule has 23 heavy (non-hydrogen) atoms. The van der Waals surface area contributed by atoms with Crippen molar-refractivity contribution in [1.82, 2.24) is 10.3 Å². The van der Waals surface area contributed by atoms with Gasteiger partial charge in [0, 0.05) is 11.3 Å². The fourth-order valence-electron chi connectivity index (χ4n) is 3.93. The van der Waals surface area contributed by atoms with Crippen LogP contribution in [0.25, 0.3) is 0 Å². The van der Waals surface area contributed by atoms with Gasteiger partial charge in [0.2, 0.25) is 0 Å². The van der Waals surface area contributed by atoms with Gasteiger partial charge in [0.25, 0.3) is 5.91 Å². The standard InChI is InChI=1S/C17H22N4OS/c1-2-23-16-18-15(22)14-12-8-4-5-9-13(12)19-17(21(14)20-16)10-6-3-7-11-17/h4-5,8-9,14,19H,2-3,6-7,10-11H2,1H3,(H,18,20,22)/t14-/m0/s1. The number of hydrogen-bond acceptors (Lipinski definition) is 5. The smallest absolute Gasteiger partial charge is 0.255 e. The molecule has 1 aromatic rings. The molecule has 122 valence electrons. The average Bonchev–Trinajstić information content (AvgIpc) is 2.56. The Balaban J connectivity index is 1.83. The van der Waals surface area contributed by atoms with Gasteiger partial charge in [-0.2, -0.15) is 0 Å². The summed E-state index contributed by atoms with van der Waals surface area (Å²) in [5.74, 6) is 0.934. The van der Waals surface area contributed by atoms with Crippen molar-refractivity contribution in [2.45, 2.75) is 50.7 Å². The van der Waals surface area contributed by atoms with Crippen LogP contribution in [0, 0.1) is 0 Å². The number of nitrogens with zero attached hydrogens (tertiary/aromatic N) is 2. The number of anilines is 1. The first kappa shape index (κ1) is 14.9. The number of carbonyl (C=O) groups excluding carboxylic acids is 1.